The van der Waals surface area contributed by atoms with Gasteiger partial charge in [-0.05, 0) is 25.0 Å². The van der Waals surface area contributed by atoms with Gasteiger partial charge in [-0.25, -0.2) is 0 Å². The maximum atomic E-state index is 11.7. The Morgan fingerprint density at radius 2 is 2.19 bits per heavy atom. The molecule has 0 bridgehead atoms. The van der Waals surface area contributed by atoms with E-state index < -0.39 is 16.8 Å². The van der Waals surface area contributed by atoms with E-state index in [1.165, 1.54) is 19.2 Å². The lowest BCUT2D eigenvalue weighted by atomic mass is 9.96. The van der Waals surface area contributed by atoms with Crippen molar-refractivity contribution < 1.29 is 19.2 Å². The smallest absolute Gasteiger partial charge is 0.313 e. The number of nitrogens with zero attached hydrogens (tertiary/aromatic N) is 1. The van der Waals surface area contributed by atoms with Crippen LogP contribution in [-0.4, -0.2) is 24.6 Å². The number of hydrogen-bond acceptors (Lipinski definition) is 5. The van der Waals surface area contributed by atoms with Crippen LogP contribution >= 0.6 is 0 Å². The molecule has 0 aliphatic carbocycles. The highest BCUT2D eigenvalue weighted by Crippen LogP contribution is 2.32. The summed E-state index contributed by atoms with van der Waals surface area (Å²) in [5, 5.41) is 11.1. The number of rotatable bonds is 7. The third-order valence-corrected chi connectivity index (χ3v) is 3.05. The van der Waals surface area contributed by atoms with Gasteiger partial charge in [0.05, 0.1) is 18.0 Å². The highest BCUT2D eigenvalue weighted by Gasteiger charge is 2.24. The van der Waals surface area contributed by atoms with E-state index in [2.05, 4.69) is 0 Å². The van der Waals surface area contributed by atoms with Crippen molar-refractivity contribution in [1.82, 2.24) is 0 Å². The number of carbonyl (C=O) groups is 1. The van der Waals surface area contributed by atoms with E-state index in [1.807, 2.05) is 13.8 Å². The SMILES string of the molecule is C/C=C/COc1ccc(C(CC)C(=O)OC)cc1[N+](=O)[O-]. The van der Waals surface area contributed by atoms with Gasteiger partial charge in [-0.15, -0.1) is 0 Å². The zero-order valence-electron chi connectivity index (χ0n) is 12.4. The zero-order valence-corrected chi connectivity index (χ0v) is 12.4. The van der Waals surface area contributed by atoms with E-state index in [9.17, 15) is 14.9 Å². The number of nitro groups is 1. The Morgan fingerprint density at radius 1 is 1.48 bits per heavy atom. The van der Waals surface area contributed by atoms with Crippen molar-refractivity contribution in [1.29, 1.82) is 0 Å². The van der Waals surface area contributed by atoms with Gasteiger partial charge in [0.1, 0.15) is 6.61 Å². The fourth-order valence-electron chi connectivity index (χ4n) is 1.93. The van der Waals surface area contributed by atoms with Crippen LogP contribution in [0.3, 0.4) is 0 Å². The lowest BCUT2D eigenvalue weighted by molar-refractivity contribution is -0.385. The third-order valence-electron chi connectivity index (χ3n) is 3.05. The Bertz CT molecular complexity index is 539. The maximum Gasteiger partial charge on any atom is 0.313 e. The minimum atomic E-state index is -0.515. The summed E-state index contributed by atoms with van der Waals surface area (Å²) in [6, 6.07) is 4.54. The summed E-state index contributed by atoms with van der Waals surface area (Å²) < 4.78 is 10.1. The zero-order chi connectivity index (χ0) is 15.8. The summed E-state index contributed by atoms with van der Waals surface area (Å²) in [6.07, 6.45) is 4.05. The van der Waals surface area contributed by atoms with Gasteiger partial charge >= 0.3 is 11.7 Å². The van der Waals surface area contributed by atoms with E-state index in [1.54, 1.807) is 18.2 Å². The summed E-state index contributed by atoms with van der Waals surface area (Å²) in [4.78, 5) is 22.3. The second kappa shape index (κ2) is 8.04. The molecule has 0 fully saturated rings. The van der Waals surface area contributed by atoms with Crippen LogP contribution in [0.2, 0.25) is 0 Å². The summed E-state index contributed by atoms with van der Waals surface area (Å²) in [6.45, 7) is 3.91. The molecule has 114 valence electrons. The molecule has 0 saturated heterocycles. The average Bonchev–Trinajstić information content (AvgIpc) is 2.48. The van der Waals surface area contributed by atoms with Crippen LogP contribution in [0.15, 0.2) is 30.4 Å². The quantitative estimate of drug-likeness (QED) is 0.334. The Hall–Kier alpha value is -2.37. The molecule has 0 saturated carbocycles. The van der Waals surface area contributed by atoms with Crippen LogP contribution in [0.25, 0.3) is 0 Å². The summed E-state index contributed by atoms with van der Waals surface area (Å²) in [5.41, 5.74) is 0.397. The van der Waals surface area contributed by atoms with Gasteiger partial charge < -0.3 is 9.47 Å². The number of nitro benzene ring substituents is 1. The van der Waals surface area contributed by atoms with Crippen molar-refractivity contribution >= 4 is 11.7 Å². The third kappa shape index (κ3) is 4.30. The Labute approximate surface area is 123 Å². The highest BCUT2D eigenvalue weighted by molar-refractivity contribution is 5.78. The van der Waals surface area contributed by atoms with E-state index in [4.69, 9.17) is 9.47 Å². The van der Waals surface area contributed by atoms with E-state index in [0.29, 0.717) is 12.0 Å². The molecule has 0 aliphatic heterocycles. The van der Waals surface area contributed by atoms with Gasteiger partial charge in [0.2, 0.25) is 0 Å². The molecule has 0 aliphatic rings. The molecule has 6 nitrogen and oxygen atoms in total. The predicted molar refractivity (Wildman–Crippen MR) is 78.5 cm³/mol. The predicted octanol–water partition coefficient (Wildman–Crippen LogP) is 3.22. The highest BCUT2D eigenvalue weighted by atomic mass is 16.6. The topological polar surface area (TPSA) is 78.7 Å². The van der Waals surface area contributed by atoms with Gasteiger partial charge in [-0.3, -0.25) is 14.9 Å². The van der Waals surface area contributed by atoms with Crippen LogP contribution in [0.1, 0.15) is 31.7 Å². The minimum Gasteiger partial charge on any atom is -0.483 e. The maximum absolute atomic E-state index is 11.7. The number of benzene rings is 1. The van der Waals surface area contributed by atoms with Gasteiger partial charge in [-0.2, -0.15) is 0 Å². The molecule has 0 N–H and O–H groups in total. The summed E-state index contributed by atoms with van der Waals surface area (Å²) in [7, 11) is 1.30. The Morgan fingerprint density at radius 3 is 2.71 bits per heavy atom. The van der Waals surface area contributed by atoms with Crippen molar-refractivity contribution in [3.05, 3.63) is 46.0 Å². The lowest BCUT2D eigenvalue weighted by Gasteiger charge is -2.13. The Balaban J connectivity index is 3.12. The molecule has 1 aromatic rings. The number of carbonyl (C=O) groups excluding carboxylic acids is 1. The lowest BCUT2D eigenvalue weighted by Crippen LogP contribution is -2.13. The van der Waals surface area contributed by atoms with Gasteiger partial charge in [-0.1, -0.05) is 25.1 Å². The second-order valence-electron chi connectivity index (χ2n) is 4.35. The molecule has 0 aromatic heterocycles. The monoisotopic (exact) mass is 293 g/mol. The van der Waals surface area contributed by atoms with Crippen molar-refractivity contribution in [2.24, 2.45) is 0 Å². The molecule has 1 aromatic carbocycles. The average molecular weight is 293 g/mol. The number of hydrogen-bond donors (Lipinski definition) is 0. The number of methoxy groups -OCH3 is 1. The molecule has 0 amide bonds. The van der Waals surface area contributed by atoms with E-state index in [0.717, 1.165) is 0 Å². The first kappa shape index (κ1) is 16.7. The van der Waals surface area contributed by atoms with Crippen LogP contribution in [0.5, 0.6) is 5.75 Å². The summed E-state index contributed by atoms with van der Waals surface area (Å²) >= 11 is 0. The second-order valence-corrected chi connectivity index (χ2v) is 4.35. The van der Waals surface area contributed by atoms with Crippen LogP contribution < -0.4 is 4.74 Å². The fraction of sp³-hybridized carbons (Fsp3) is 0.400. The molecular formula is C15H19NO5. The van der Waals surface area contributed by atoms with E-state index >= 15 is 0 Å². The van der Waals surface area contributed by atoms with Crippen molar-refractivity contribution in [3.63, 3.8) is 0 Å². The van der Waals surface area contributed by atoms with Crippen LogP contribution in [0, 0.1) is 10.1 Å². The minimum absolute atomic E-state index is 0.153. The number of esters is 1. The van der Waals surface area contributed by atoms with Crippen LogP contribution in [0.4, 0.5) is 5.69 Å². The molecule has 1 atom stereocenters. The number of allylic oxidation sites excluding steroid dienone is 1. The molecule has 0 radical (unpaired) electrons. The normalized spacial score (nSPS) is 12.1. The first-order chi connectivity index (χ1) is 10.0. The standard InChI is InChI=1S/C15H19NO5/c1-4-6-9-21-14-8-7-11(10-13(14)16(18)19)12(5-2)15(17)20-3/h4,6-8,10,12H,5,9H2,1-3H3/b6-4+. The van der Waals surface area contributed by atoms with Gasteiger partial charge in [0.25, 0.3) is 0 Å². The molecule has 21 heavy (non-hydrogen) atoms. The molecule has 1 rings (SSSR count). The van der Waals surface area contributed by atoms with Crippen LogP contribution in [-0.2, 0) is 9.53 Å². The van der Waals surface area contributed by atoms with Crippen molar-refractivity contribution in [2.75, 3.05) is 13.7 Å². The first-order valence-corrected chi connectivity index (χ1v) is 6.65. The molecular weight excluding hydrogens is 274 g/mol. The molecule has 6 heteroatoms. The van der Waals surface area contributed by atoms with Gasteiger partial charge in [0, 0.05) is 6.07 Å². The fourth-order valence-corrected chi connectivity index (χ4v) is 1.93. The van der Waals surface area contributed by atoms with E-state index in [-0.39, 0.29) is 18.0 Å². The number of ether oxygens (including phenoxy) is 2. The first-order valence-electron chi connectivity index (χ1n) is 6.65. The van der Waals surface area contributed by atoms with Gasteiger partial charge in [0.15, 0.2) is 5.75 Å². The Kier molecular flexibility index (Phi) is 6.39. The molecule has 0 heterocycles. The summed E-state index contributed by atoms with van der Waals surface area (Å²) in [5.74, 6) is -0.741. The largest absolute Gasteiger partial charge is 0.483 e. The molecule has 0 spiro atoms. The molecule has 1 unspecified atom stereocenters. The van der Waals surface area contributed by atoms with Crippen molar-refractivity contribution in [2.45, 2.75) is 26.2 Å². The van der Waals surface area contributed by atoms with Crippen molar-refractivity contribution in [3.8, 4) is 5.75 Å².